The van der Waals surface area contributed by atoms with Gasteiger partial charge in [-0.05, 0) is 24.5 Å². The van der Waals surface area contributed by atoms with Crippen molar-refractivity contribution in [2.45, 2.75) is 23.8 Å². The number of hydrogen-bond acceptors (Lipinski definition) is 9. The molecular weight excluding hydrogens is 366 g/mol. The molecule has 1 fully saturated rings. The Morgan fingerprint density at radius 2 is 2.20 bits per heavy atom. The van der Waals surface area contributed by atoms with Gasteiger partial charge in [0.2, 0.25) is 11.7 Å². The molecule has 3 aromatic rings. The van der Waals surface area contributed by atoms with Gasteiger partial charge in [0, 0.05) is 18.2 Å². The van der Waals surface area contributed by atoms with E-state index in [2.05, 4.69) is 15.4 Å². The van der Waals surface area contributed by atoms with Gasteiger partial charge >= 0.3 is 0 Å². The van der Waals surface area contributed by atoms with Crippen molar-refractivity contribution in [2.24, 2.45) is 5.92 Å². The van der Waals surface area contributed by atoms with Gasteiger partial charge in [-0.15, -0.1) is 10.2 Å². The average molecular weight is 381 g/mol. The molecule has 0 N–H and O–H groups in total. The number of thioether (sulfide) groups is 1. The Kier molecular flexibility index (Phi) is 4.38. The lowest BCUT2D eigenvalue weighted by atomic mass is 10.1. The van der Waals surface area contributed by atoms with Gasteiger partial charge in [0.05, 0.1) is 23.5 Å². The van der Waals surface area contributed by atoms with E-state index in [1.165, 1.54) is 11.8 Å². The number of rotatable bonds is 6. The van der Waals surface area contributed by atoms with Crippen LogP contribution in [0.1, 0.15) is 18.0 Å². The molecule has 0 aliphatic carbocycles. The van der Waals surface area contributed by atoms with Gasteiger partial charge in [0.15, 0.2) is 15.6 Å². The molecule has 0 unspecified atom stereocenters. The fourth-order valence-electron chi connectivity index (χ4n) is 2.71. The highest BCUT2D eigenvalue weighted by Crippen LogP contribution is 2.27. The molecule has 0 radical (unpaired) electrons. The van der Waals surface area contributed by atoms with Crippen LogP contribution in [0.5, 0.6) is 0 Å². The third-order valence-electron chi connectivity index (χ3n) is 3.90. The summed E-state index contributed by atoms with van der Waals surface area (Å²) in [6.45, 7) is 0. The van der Waals surface area contributed by atoms with Crippen LogP contribution in [0.2, 0.25) is 0 Å². The second-order valence-electron chi connectivity index (χ2n) is 5.88. The van der Waals surface area contributed by atoms with Crippen LogP contribution in [0.15, 0.2) is 43.0 Å². The van der Waals surface area contributed by atoms with Crippen molar-refractivity contribution in [2.75, 3.05) is 11.5 Å². The number of aromatic nitrogens is 3. The van der Waals surface area contributed by atoms with E-state index in [1.54, 1.807) is 24.5 Å². The molecule has 1 saturated heterocycles. The molecule has 1 aliphatic rings. The van der Waals surface area contributed by atoms with Crippen molar-refractivity contribution in [3.8, 4) is 11.5 Å². The van der Waals surface area contributed by atoms with Crippen LogP contribution in [0.3, 0.4) is 0 Å². The summed E-state index contributed by atoms with van der Waals surface area (Å²) in [6.07, 6.45) is 2.73. The zero-order chi connectivity index (χ0) is 17.3. The first-order chi connectivity index (χ1) is 12.1. The molecule has 4 rings (SSSR count). The monoisotopic (exact) mass is 381 g/mol. The summed E-state index contributed by atoms with van der Waals surface area (Å²) in [5.41, 5.74) is 0.734. The van der Waals surface area contributed by atoms with Gasteiger partial charge in [-0.25, -0.2) is 8.42 Å². The van der Waals surface area contributed by atoms with Crippen molar-refractivity contribution in [1.82, 2.24) is 15.4 Å². The van der Waals surface area contributed by atoms with E-state index in [9.17, 15) is 8.42 Å². The normalized spacial score (nSPS) is 19.4. The molecule has 0 spiro atoms. The van der Waals surface area contributed by atoms with Crippen molar-refractivity contribution in [3.63, 3.8) is 0 Å². The maximum atomic E-state index is 11.5. The SMILES string of the molecule is O=S1(=O)CC[C@H](Cc2nnc(SCc3cc(-c4ccco4)on3)o2)C1. The van der Waals surface area contributed by atoms with Crippen LogP contribution in [0.4, 0.5) is 0 Å². The Morgan fingerprint density at radius 1 is 1.28 bits per heavy atom. The minimum atomic E-state index is -2.89. The third-order valence-corrected chi connectivity index (χ3v) is 6.59. The van der Waals surface area contributed by atoms with Crippen LogP contribution in [0, 0.1) is 5.92 Å². The minimum Gasteiger partial charge on any atom is -0.461 e. The maximum Gasteiger partial charge on any atom is 0.276 e. The first kappa shape index (κ1) is 16.4. The molecule has 132 valence electrons. The second kappa shape index (κ2) is 6.68. The highest BCUT2D eigenvalue weighted by Gasteiger charge is 2.29. The van der Waals surface area contributed by atoms with Gasteiger partial charge < -0.3 is 13.4 Å². The van der Waals surface area contributed by atoms with Gasteiger partial charge in [0.1, 0.15) is 0 Å². The third kappa shape index (κ3) is 3.96. The summed E-state index contributed by atoms with van der Waals surface area (Å²) in [4.78, 5) is 0. The van der Waals surface area contributed by atoms with Crippen molar-refractivity contribution < 1.29 is 21.8 Å². The Bertz CT molecular complexity index is 946. The Morgan fingerprint density at radius 3 is 2.96 bits per heavy atom. The summed E-state index contributed by atoms with van der Waals surface area (Å²) in [5.74, 6) is 2.69. The Labute approximate surface area is 147 Å². The lowest BCUT2D eigenvalue weighted by Gasteiger charge is -2.01. The summed E-state index contributed by atoms with van der Waals surface area (Å²) in [6, 6.07) is 5.37. The number of sulfone groups is 1. The molecule has 8 nitrogen and oxygen atoms in total. The van der Waals surface area contributed by atoms with Gasteiger partial charge in [0.25, 0.3) is 5.22 Å². The predicted molar refractivity (Wildman–Crippen MR) is 88.5 cm³/mol. The molecule has 25 heavy (non-hydrogen) atoms. The predicted octanol–water partition coefficient (Wildman–Crippen LogP) is 2.59. The topological polar surface area (TPSA) is 112 Å². The summed E-state index contributed by atoms with van der Waals surface area (Å²) in [5, 5.41) is 12.4. The van der Waals surface area contributed by atoms with Crippen LogP contribution >= 0.6 is 11.8 Å². The van der Waals surface area contributed by atoms with Crippen LogP contribution < -0.4 is 0 Å². The van der Waals surface area contributed by atoms with E-state index in [1.807, 2.05) is 0 Å². The molecule has 0 bridgehead atoms. The summed E-state index contributed by atoms with van der Waals surface area (Å²) >= 11 is 1.35. The van der Waals surface area contributed by atoms with Gasteiger partial charge in [-0.1, -0.05) is 16.9 Å². The van der Waals surface area contributed by atoms with E-state index in [0.717, 1.165) is 5.69 Å². The smallest absolute Gasteiger partial charge is 0.276 e. The highest BCUT2D eigenvalue weighted by molar-refractivity contribution is 7.98. The molecule has 1 aliphatic heterocycles. The van der Waals surface area contributed by atoms with E-state index >= 15 is 0 Å². The molecule has 3 aromatic heterocycles. The fraction of sp³-hybridized carbons (Fsp3) is 0.400. The average Bonchev–Trinajstić information content (AvgIpc) is 3.32. The fourth-order valence-corrected chi connectivity index (χ4v) is 5.23. The van der Waals surface area contributed by atoms with Crippen LogP contribution in [-0.2, 0) is 22.0 Å². The van der Waals surface area contributed by atoms with E-state index < -0.39 is 9.84 Å². The summed E-state index contributed by atoms with van der Waals surface area (Å²) < 4.78 is 39.0. The van der Waals surface area contributed by atoms with Crippen molar-refractivity contribution in [1.29, 1.82) is 0 Å². The lowest BCUT2D eigenvalue weighted by Crippen LogP contribution is -2.07. The van der Waals surface area contributed by atoms with E-state index in [4.69, 9.17) is 13.4 Å². The molecule has 0 aromatic carbocycles. The van der Waals surface area contributed by atoms with Crippen LogP contribution in [0.25, 0.3) is 11.5 Å². The largest absolute Gasteiger partial charge is 0.461 e. The van der Waals surface area contributed by atoms with Crippen molar-refractivity contribution in [3.05, 3.63) is 36.0 Å². The molecule has 10 heteroatoms. The molecule has 0 amide bonds. The lowest BCUT2D eigenvalue weighted by molar-refractivity contribution is 0.389. The van der Waals surface area contributed by atoms with Crippen LogP contribution in [-0.4, -0.2) is 35.3 Å². The molecular formula is C15H15N3O5S2. The summed E-state index contributed by atoms with van der Waals surface area (Å²) in [7, 11) is -2.89. The van der Waals surface area contributed by atoms with Crippen molar-refractivity contribution >= 4 is 21.6 Å². The molecule has 0 saturated carbocycles. The van der Waals surface area contributed by atoms with Gasteiger partial charge in [-0.3, -0.25) is 0 Å². The highest BCUT2D eigenvalue weighted by atomic mass is 32.2. The first-order valence-corrected chi connectivity index (χ1v) is 10.5. The number of furan rings is 1. The van der Waals surface area contributed by atoms with Gasteiger partial charge in [-0.2, -0.15) is 0 Å². The number of hydrogen-bond donors (Lipinski definition) is 0. The first-order valence-electron chi connectivity index (χ1n) is 7.72. The van der Waals surface area contributed by atoms with E-state index in [0.29, 0.717) is 41.2 Å². The van der Waals surface area contributed by atoms with E-state index in [-0.39, 0.29) is 17.4 Å². The molecule has 4 heterocycles. The zero-order valence-corrected chi connectivity index (χ0v) is 14.8. The number of nitrogens with zero attached hydrogens (tertiary/aromatic N) is 3. The Hall–Kier alpha value is -2.07. The quantitative estimate of drug-likeness (QED) is 0.594. The standard InChI is InChI=1S/C15H15N3O5S2/c19-25(20)5-3-10(9-25)6-14-16-17-15(22-14)24-8-11-7-13(23-18-11)12-2-1-4-21-12/h1-2,4,7,10H,3,5-6,8-9H2/t10-/m1/s1. The second-order valence-corrected chi connectivity index (χ2v) is 9.04. The minimum absolute atomic E-state index is 0.0645. The molecule has 1 atom stereocenters. The maximum absolute atomic E-state index is 11.5. The Balaban J connectivity index is 1.33. The zero-order valence-electron chi connectivity index (χ0n) is 13.1.